The van der Waals surface area contributed by atoms with Crippen LogP contribution < -0.4 is 5.32 Å². The van der Waals surface area contributed by atoms with Gasteiger partial charge in [-0.05, 0) is 42.8 Å². The fourth-order valence-corrected chi connectivity index (χ4v) is 3.87. The molecule has 0 bridgehead atoms. The number of para-hydroxylation sites is 1. The smallest absolute Gasteiger partial charge is 0.246 e. The third-order valence-corrected chi connectivity index (χ3v) is 5.70. The number of carbonyl (C=O) groups is 1. The molecule has 31 heavy (non-hydrogen) atoms. The number of nitrogens with one attached hydrogen (secondary N) is 1. The van der Waals surface area contributed by atoms with Gasteiger partial charge in [-0.15, -0.1) is 0 Å². The number of nitrogens with zero attached hydrogens (tertiary/aromatic N) is 2. The molecule has 0 saturated heterocycles. The van der Waals surface area contributed by atoms with Crippen molar-refractivity contribution >= 4 is 46.4 Å². The highest BCUT2D eigenvalue weighted by molar-refractivity contribution is 6.36. The van der Waals surface area contributed by atoms with Crippen LogP contribution in [0.25, 0.3) is 22.5 Å². The Balaban J connectivity index is 1.73. The first kappa shape index (κ1) is 21.4. The molecule has 0 radical (unpaired) electrons. The van der Waals surface area contributed by atoms with Crippen LogP contribution in [0.2, 0.25) is 15.1 Å². The van der Waals surface area contributed by atoms with Crippen LogP contribution in [0.5, 0.6) is 0 Å². The topological polar surface area (TPSA) is 46.9 Å². The standard InChI is InChI=1S/C24H18Cl3N3O/c1-15-4-2-3-5-20(15)28-21(31)14-30-24(17-8-12-19(26)13-9-17)22(27)23(29-30)16-6-10-18(25)11-7-16/h2-13H,14H2,1H3,(H,28,31). The van der Waals surface area contributed by atoms with Gasteiger partial charge in [-0.25, -0.2) is 0 Å². The van der Waals surface area contributed by atoms with Gasteiger partial charge in [0.05, 0.1) is 10.7 Å². The molecule has 1 heterocycles. The molecule has 4 aromatic rings. The van der Waals surface area contributed by atoms with Crippen LogP contribution in [0.15, 0.2) is 72.8 Å². The minimum Gasteiger partial charge on any atom is -0.324 e. The van der Waals surface area contributed by atoms with Crippen LogP contribution in [-0.4, -0.2) is 15.7 Å². The van der Waals surface area contributed by atoms with Crippen molar-refractivity contribution in [2.24, 2.45) is 0 Å². The molecular formula is C24H18Cl3N3O. The highest BCUT2D eigenvalue weighted by Gasteiger charge is 2.21. The molecule has 0 fully saturated rings. The second kappa shape index (κ2) is 9.15. The minimum atomic E-state index is -0.202. The predicted octanol–water partition coefficient (Wildman–Crippen LogP) is 7.12. The largest absolute Gasteiger partial charge is 0.324 e. The highest BCUT2D eigenvalue weighted by Crippen LogP contribution is 2.37. The quantitative estimate of drug-likeness (QED) is 0.337. The lowest BCUT2D eigenvalue weighted by Crippen LogP contribution is -2.20. The van der Waals surface area contributed by atoms with E-state index in [0.717, 1.165) is 22.4 Å². The maximum absolute atomic E-state index is 12.8. The third-order valence-electron chi connectivity index (χ3n) is 4.84. The summed E-state index contributed by atoms with van der Waals surface area (Å²) in [7, 11) is 0. The van der Waals surface area contributed by atoms with Gasteiger partial charge < -0.3 is 5.32 Å². The fourth-order valence-electron chi connectivity index (χ4n) is 3.27. The number of carbonyl (C=O) groups excluding carboxylic acids is 1. The van der Waals surface area contributed by atoms with E-state index in [1.807, 2.05) is 55.5 Å². The Hall–Kier alpha value is -2.79. The van der Waals surface area contributed by atoms with Crippen LogP contribution in [0.1, 0.15) is 5.56 Å². The monoisotopic (exact) mass is 469 g/mol. The molecule has 1 N–H and O–H groups in total. The van der Waals surface area contributed by atoms with Gasteiger partial charge in [-0.3, -0.25) is 9.48 Å². The second-order valence-corrected chi connectivity index (χ2v) is 8.30. The molecule has 0 unspecified atom stereocenters. The molecule has 0 aliphatic rings. The zero-order valence-corrected chi connectivity index (χ0v) is 18.8. The first-order valence-electron chi connectivity index (χ1n) is 9.56. The Labute approximate surface area is 195 Å². The van der Waals surface area contributed by atoms with E-state index < -0.39 is 0 Å². The number of benzene rings is 3. The van der Waals surface area contributed by atoms with Gasteiger partial charge in [0.1, 0.15) is 12.2 Å². The van der Waals surface area contributed by atoms with Crippen molar-refractivity contribution in [2.75, 3.05) is 5.32 Å². The van der Waals surface area contributed by atoms with E-state index in [0.29, 0.717) is 26.5 Å². The Kier molecular flexibility index (Phi) is 6.33. The molecule has 4 rings (SSSR count). The summed E-state index contributed by atoms with van der Waals surface area (Å²) >= 11 is 18.8. The molecule has 0 spiro atoms. The zero-order valence-electron chi connectivity index (χ0n) is 16.6. The van der Waals surface area contributed by atoms with Crippen molar-refractivity contribution in [1.82, 2.24) is 9.78 Å². The second-order valence-electron chi connectivity index (χ2n) is 7.05. The van der Waals surface area contributed by atoms with Crippen molar-refractivity contribution in [1.29, 1.82) is 0 Å². The molecule has 1 aromatic heterocycles. The van der Waals surface area contributed by atoms with Gasteiger partial charge >= 0.3 is 0 Å². The SMILES string of the molecule is Cc1ccccc1NC(=O)Cn1nc(-c2ccc(Cl)cc2)c(Cl)c1-c1ccc(Cl)cc1. The number of amides is 1. The lowest BCUT2D eigenvalue weighted by Gasteiger charge is -2.10. The van der Waals surface area contributed by atoms with Crippen LogP contribution in [0, 0.1) is 6.92 Å². The minimum absolute atomic E-state index is 0.000393. The van der Waals surface area contributed by atoms with E-state index in [4.69, 9.17) is 34.8 Å². The molecule has 156 valence electrons. The summed E-state index contributed by atoms with van der Waals surface area (Å²) in [5.41, 5.74) is 4.58. The molecule has 0 atom stereocenters. The molecular weight excluding hydrogens is 453 g/mol. The molecule has 3 aromatic carbocycles. The van der Waals surface area contributed by atoms with Crippen LogP contribution in [0.3, 0.4) is 0 Å². The van der Waals surface area contributed by atoms with Crippen LogP contribution in [-0.2, 0) is 11.3 Å². The van der Waals surface area contributed by atoms with Gasteiger partial charge in [0.15, 0.2) is 0 Å². The fraction of sp³-hybridized carbons (Fsp3) is 0.0833. The number of rotatable bonds is 5. The van der Waals surface area contributed by atoms with E-state index in [-0.39, 0.29) is 12.5 Å². The summed E-state index contributed by atoms with van der Waals surface area (Å²) in [6, 6.07) is 22.1. The summed E-state index contributed by atoms with van der Waals surface area (Å²) < 4.78 is 1.61. The van der Waals surface area contributed by atoms with Gasteiger partial charge in [0, 0.05) is 26.9 Å². The zero-order chi connectivity index (χ0) is 22.0. The maximum Gasteiger partial charge on any atom is 0.246 e. The van der Waals surface area contributed by atoms with Crippen molar-refractivity contribution in [3.8, 4) is 22.5 Å². The normalized spacial score (nSPS) is 10.8. The number of aryl methyl sites for hydroxylation is 1. The summed E-state index contributed by atoms with van der Waals surface area (Å²) in [6.07, 6.45) is 0. The highest BCUT2D eigenvalue weighted by atomic mass is 35.5. The number of halogens is 3. The lowest BCUT2D eigenvalue weighted by molar-refractivity contribution is -0.116. The molecule has 7 heteroatoms. The van der Waals surface area contributed by atoms with E-state index in [2.05, 4.69) is 10.4 Å². The number of hydrogen-bond acceptors (Lipinski definition) is 2. The maximum atomic E-state index is 12.8. The van der Waals surface area contributed by atoms with E-state index in [1.165, 1.54) is 0 Å². The van der Waals surface area contributed by atoms with Crippen LogP contribution in [0.4, 0.5) is 5.69 Å². The lowest BCUT2D eigenvalue weighted by atomic mass is 10.1. The van der Waals surface area contributed by atoms with E-state index >= 15 is 0 Å². The summed E-state index contributed by atoms with van der Waals surface area (Å²) in [4.78, 5) is 12.8. The molecule has 0 aliphatic carbocycles. The van der Waals surface area contributed by atoms with E-state index in [9.17, 15) is 4.79 Å². The Morgan fingerprint density at radius 1 is 0.871 bits per heavy atom. The predicted molar refractivity (Wildman–Crippen MR) is 128 cm³/mol. The average molecular weight is 471 g/mol. The van der Waals surface area contributed by atoms with Crippen molar-refractivity contribution < 1.29 is 4.79 Å². The first-order chi connectivity index (χ1) is 14.9. The molecule has 0 saturated carbocycles. The first-order valence-corrected chi connectivity index (χ1v) is 10.7. The van der Waals surface area contributed by atoms with Crippen molar-refractivity contribution in [2.45, 2.75) is 13.5 Å². The van der Waals surface area contributed by atoms with Gasteiger partial charge in [0.2, 0.25) is 5.91 Å². The number of aromatic nitrogens is 2. The van der Waals surface area contributed by atoms with Crippen molar-refractivity contribution in [3.63, 3.8) is 0 Å². The Morgan fingerprint density at radius 2 is 1.45 bits per heavy atom. The third kappa shape index (κ3) is 4.77. The van der Waals surface area contributed by atoms with Gasteiger partial charge in [0.25, 0.3) is 0 Å². The van der Waals surface area contributed by atoms with E-state index in [1.54, 1.807) is 28.9 Å². The summed E-state index contributed by atoms with van der Waals surface area (Å²) in [6.45, 7) is 1.94. The van der Waals surface area contributed by atoms with Crippen molar-refractivity contribution in [3.05, 3.63) is 93.4 Å². The Morgan fingerprint density at radius 3 is 2.06 bits per heavy atom. The van der Waals surface area contributed by atoms with Gasteiger partial charge in [-0.2, -0.15) is 5.10 Å². The number of anilines is 1. The average Bonchev–Trinajstić information content (AvgIpc) is 3.06. The molecule has 0 aliphatic heterocycles. The van der Waals surface area contributed by atoms with Gasteiger partial charge in [-0.1, -0.05) is 77.3 Å². The summed E-state index contributed by atoms with van der Waals surface area (Å²) in [5, 5.41) is 9.29. The number of hydrogen-bond donors (Lipinski definition) is 1. The Bertz CT molecular complexity index is 1230. The molecule has 1 amide bonds. The summed E-state index contributed by atoms with van der Waals surface area (Å²) in [5.74, 6) is -0.202. The molecule has 4 nitrogen and oxygen atoms in total. The van der Waals surface area contributed by atoms with Crippen LogP contribution >= 0.6 is 34.8 Å².